The van der Waals surface area contributed by atoms with Crippen LogP contribution in [0.15, 0.2) is 54.7 Å². The normalized spacial score (nSPS) is 14.8. The van der Waals surface area contributed by atoms with Crippen LogP contribution in [0.1, 0.15) is 30.5 Å². The highest BCUT2D eigenvalue weighted by molar-refractivity contribution is 5.96. The lowest BCUT2D eigenvalue weighted by atomic mass is 9.90. The maximum atomic E-state index is 12.3. The Morgan fingerprint density at radius 3 is 2.46 bits per heavy atom. The van der Waals surface area contributed by atoms with E-state index in [0.717, 1.165) is 38.0 Å². The van der Waals surface area contributed by atoms with E-state index >= 15 is 0 Å². The summed E-state index contributed by atoms with van der Waals surface area (Å²) in [5, 5.41) is 2.76. The van der Waals surface area contributed by atoms with Crippen molar-refractivity contribution in [2.24, 2.45) is 5.92 Å². The highest BCUT2D eigenvalue weighted by Gasteiger charge is 2.24. The van der Waals surface area contributed by atoms with E-state index in [4.69, 9.17) is 0 Å². The van der Waals surface area contributed by atoms with Crippen molar-refractivity contribution in [2.75, 3.05) is 13.1 Å². The van der Waals surface area contributed by atoms with Crippen LogP contribution in [0.3, 0.4) is 0 Å². The van der Waals surface area contributed by atoms with Crippen LogP contribution >= 0.6 is 0 Å². The largest absolute Gasteiger partial charge is 0.350 e. The number of aromatic nitrogens is 1. The first-order valence-corrected chi connectivity index (χ1v) is 9.19. The zero-order valence-corrected chi connectivity index (χ0v) is 14.9. The number of nitrogens with zero attached hydrogens (tertiary/aromatic N) is 2. The summed E-state index contributed by atoms with van der Waals surface area (Å²) in [6.45, 7) is 1.83. The highest BCUT2D eigenvalue weighted by atomic mass is 16.2. The topological polar surface area (TPSA) is 62.3 Å². The van der Waals surface area contributed by atoms with E-state index in [1.54, 1.807) is 6.20 Å². The molecular formula is C21H25N3O2. The number of nitrogens with one attached hydrogen (secondary N) is 1. The van der Waals surface area contributed by atoms with Crippen molar-refractivity contribution in [1.29, 1.82) is 0 Å². The second-order valence-electron chi connectivity index (χ2n) is 6.79. The van der Waals surface area contributed by atoms with Crippen LogP contribution < -0.4 is 5.32 Å². The number of carbonyl (C=O) groups is 2. The van der Waals surface area contributed by atoms with Gasteiger partial charge in [0.25, 0.3) is 0 Å². The van der Waals surface area contributed by atoms with Gasteiger partial charge in [0, 0.05) is 19.3 Å². The second-order valence-corrected chi connectivity index (χ2v) is 6.79. The van der Waals surface area contributed by atoms with Crippen molar-refractivity contribution in [3.05, 3.63) is 66.0 Å². The maximum absolute atomic E-state index is 12.3. The molecule has 1 fully saturated rings. The minimum Gasteiger partial charge on any atom is -0.350 e. The van der Waals surface area contributed by atoms with Gasteiger partial charge in [-0.3, -0.25) is 14.6 Å². The van der Waals surface area contributed by atoms with Crippen LogP contribution in [0, 0.1) is 5.92 Å². The van der Waals surface area contributed by atoms with Crippen LogP contribution in [-0.2, 0) is 22.6 Å². The summed E-state index contributed by atoms with van der Waals surface area (Å²) in [6.07, 6.45) is 4.65. The summed E-state index contributed by atoms with van der Waals surface area (Å²) in [6, 6.07) is 16.0. The molecule has 0 radical (unpaired) electrons. The van der Waals surface area contributed by atoms with Crippen molar-refractivity contribution in [2.45, 2.75) is 32.2 Å². The molecule has 0 spiro atoms. The number of carbonyl (C=O) groups excluding carboxylic acids is 2. The van der Waals surface area contributed by atoms with Gasteiger partial charge in [-0.05, 0) is 42.9 Å². The lowest BCUT2D eigenvalue weighted by Crippen LogP contribution is -2.41. The number of likely N-dealkylation sites (tertiary alicyclic amines) is 1. The smallest absolute Gasteiger partial charge is 0.232 e. The summed E-state index contributed by atoms with van der Waals surface area (Å²) in [5.74, 6) is 0.285. The standard InChI is InChI=1S/C21H25N3O2/c25-20(23-16-19-8-4-5-11-22-19)15-21(26)24-12-9-18(10-13-24)14-17-6-2-1-3-7-17/h1-8,11,18H,9-10,12-16H2,(H,23,25). The van der Waals surface area contributed by atoms with Gasteiger partial charge in [0.1, 0.15) is 6.42 Å². The van der Waals surface area contributed by atoms with Gasteiger partial charge < -0.3 is 10.2 Å². The first kappa shape index (κ1) is 18.1. The molecule has 5 nitrogen and oxygen atoms in total. The highest BCUT2D eigenvalue weighted by Crippen LogP contribution is 2.22. The summed E-state index contributed by atoms with van der Waals surface area (Å²) in [4.78, 5) is 30.3. The number of hydrogen-bond donors (Lipinski definition) is 1. The molecule has 3 rings (SSSR count). The van der Waals surface area contributed by atoms with Gasteiger partial charge in [-0.2, -0.15) is 0 Å². The first-order valence-electron chi connectivity index (χ1n) is 9.19. The van der Waals surface area contributed by atoms with Crippen molar-refractivity contribution in [1.82, 2.24) is 15.2 Å². The fourth-order valence-electron chi connectivity index (χ4n) is 3.34. The predicted molar refractivity (Wildman–Crippen MR) is 100 cm³/mol. The van der Waals surface area contributed by atoms with Gasteiger partial charge >= 0.3 is 0 Å². The molecule has 0 aliphatic carbocycles. The third-order valence-corrected chi connectivity index (χ3v) is 4.84. The Kier molecular flexibility index (Phi) is 6.36. The lowest BCUT2D eigenvalue weighted by molar-refractivity contribution is -0.137. The lowest BCUT2D eigenvalue weighted by Gasteiger charge is -2.32. The van der Waals surface area contributed by atoms with E-state index in [1.807, 2.05) is 29.2 Å². The van der Waals surface area contributed by atoms with Crippen molar-refractivity contribution >= 4 is 11.8 Å². The molecule has 5 heteroatoms. The molecule has 1 N–H and O–H groups in total. The molecule has 2 amide bonds. The molecule has 2 aromatic rings. The molecule has 26 heavy (non-hydrogen) atoms. The van der Waals surface area contributed by atoms with Crippen LogP contribution in [0.25, 0.3) is 0 Å². The minimum atomic E-state index is -0.243. The number of hydrogen-bond acceptors (Lipinski definition) is 3. The molecule has 0 bridgehead atoms. The van der Waals surface area contributed by atoms with Gasteiger partial charge in [0.15, 0.2) is 0 Å². The fraction of sp³-hybridized carbons (Fsp3) is 0.381. The molecule has 0 atom stereocenters. The Labute approximate surface area is 154 Å². The molecular weight excluding hydrogens is 326 g/mol. The van der Waals surface area contributed by atoms with Gasteiger partial charge in [-0.15, -0.1) is 0 Å². The molecule has 0 unspecified atom stereocenters. The Bertz CT molecular complexity index is 711. The Hall–Kier alpha value is -2.69. The maximum Gasteiger partial charge on any atom is 0.232 e. The number of piperidine rings is 1. The summed E-state index contributed by atoms with van der Waals surface area (Å²) >= 11 is 0. The summed E-state index contributed by atoms with van der Waals surface area (Å²) < 4.78 is 0. The number of benzene rings is 1. The SMILES string of the molecule is O=C(CC(=O)N1CCC(Cc2ccccc2)CC1)NCc1ccccn1. The molecule has 0 saturated carbocycles. The number of rotatable bonds is 6. The van der Waals surface area contributed by atoms with E-state index in [-0.39, 0.29) is 18.2 Å². The Morgan fingerprint density at radius 1 is 1.04 bits per heavy atom. The van der Waals surface area contributed by atoms with Gasteiger partial charge in [0.2, 0.25) is 11.8 Å². The first-order chi connectivity index (χ1) is 12.7. The minimum absolute atomic E-state index is 0.0818. The molecule has 1 aromatic heterocycles. The Balaban J connectivity index is 1.38. The monoisotopic (exact) mass is 351 g/mol. The van der Waals surface area contributed by atoms with Gasteiger partial charge in [-0.25, -0.2) is 0 Å². The third kappa shape index (κ3) is 5.41. The van der Waals surface area contributed by atoms with Crippen LogP contribution in [0.2, 0.25) is 0 Å². The third-order valence-electron chi connectivity index (χ3n) is 4.84. The zero-order chi connectivity index (χ0) is 18.2. The van der Waals surface area contributed by atoms with E-state index < -0.39 is 0 Å². The predicted octanol–water partition coefficient (Wildman–Crippen LogP) is 2.57. The zero-order valence-electron chi connectivity index (χ0n) is 14.9. The molecule has 2 heterocycles. The molecule has 1 aromatic carbocycles. The van der Waals surface area contributed by atoms with Gasteiger partial charge in [-0.1, -0.05) is 36.4 Å². The Morgan fingerprint density at radius 2 is 1.77 bits per heavy atom. The van der Waals surface area contributed by atoms with E-state index in [2.05, 4.69) is 34.6 Å². The molecule has 1 aliphatic rings. The summed E-state index contributed by atoms with van der Waals surface area (Å²) in [7, 11) is 0. The van der Waals surface area contributed by atoms with Crippen LogP contribution in [0.5, 0.6) is 0 Å². The van der Waals surface area contributed by atoms with E-state index in [9.17, 15) is 9.59 Å². The number of pyridine rings is 1. The molecule has 136 valence electrons. The number of amides is 2. The van der Waals surface area contributed by atoms with Crippen LogP contribution in [-0.4, -0.2) is 34.8 Å². The van der Waals surface area contributed by atoms with Gasteiger partial charge in [0.05, 0.1) is 12.2 Å². The second kappa shape index (κ2) is 9.13. The van der Waals surface area contributed by atoms with E-state index in [0.29, 0.717) is 12.5 Å². The average molecular weight is 351 g/mol. The van der Waals surface area contributed by atoms with Crippen molar-refractivity contribution in [3.8, 4) is 0 Å². The molecule has 1 aliphatic heterocycles. The van der Waals surface area contributed by atoms with Crippen molar-refractivity contribution < 1.29 is 9.59 Å². The quantitative estimate of drug-likeness (QED) is 0.814. The molecule has 1 saturated heterocycles. The van der Waals surface area contributed by atoms with Crippen molar-refractivity contribution in [3.63, 3.8) is 0 Å². The van der Waals surface area contributed by atoms with E-state index in [1.165, 1.54) is 5.56 Å². The average Bonchev–Trinajstić information content (AvgIpc) is 2.68. The fourth-order valence-corrected chi connectivity index (χ4v) is 3.34. The van der Waals surface area contributed by atoms with Crippen LogP contribution in [0.4, 0.5) is 0 Å². The summed E-state index contributed by atoms with van der Waals surface area (Å²) in [5.41, 5.74) is 2.14.